The third-order valence-corrected chi connectivity index (χ3v) is 6.71. The zero-order chi connectivity index (χ0) is 16.8. The fourth-order valence-electron chi connectivity index (χ4n) is 5.18. The largest absolute Gasteiger partial charge is 0.481 e. The average Bonchev–Trinajstić information content (AvgIpc) is 2.53. The monoisotopic (exact) mass is 316 g/mol. The van der Waals surface area contributed by atoms with E-state index in [2.05, 4.69) is 25.1 Å². The number of carboxylic acids is 1. The standard InChI is InChI=1S/C20H28O3/c1-13(12-21)14-5-7-16-15(11-14)6-8-17-19(16,2)9-4-10-20(17,3)18(22)23/h5,7,11,13,17,21H,4,6,8-10,12H2,1-3H3,(H,22,23)/t13-,17-,19-,20-/m1/s1. The molecule has 0 radical (unpaired) electrons. The van der Waals surface area contributed by atoms with Crippen molar-refractivity contribution in [2.75, 3.05) is 6.61 Å². The van der Waals surface area contributed by atoms with E-state index in [0.717, 1.165) is 32.1 Å². The van der Waals surface area contributed by atoms with Crippen LogP contribution in [0.25, 0.3) is 0 Å². The Labute approximate surface area is 138 Å². The molecule has 0 aliphatic heterocycles. The maximum atomic E-state index is 11.9. The van der Waals surface area contributed by atoms with Crippen molar-refractivity contribution in [2.24, 2.45) is 11.3 Å². The number of benzene rings is 1. The first kappa shape index (κ1) is 16.5. The minimum absolute atomic E-state index is 0.0417. The SMILES string of the molecule is C[C@H](CO)c1ccc2c(c1)CC[C@H]1[C@](C)(C(=O)O)CCC[C@]21C. The quantitative estimate of drug-likeness (QED) is 0.890. The molecule has 23 heavy (non-hydrogen) atoms. The van der Waals surface area contributed by atoms with Crippen LogP contribution in [-0.2, 0) is 16.6 Å². The highest BCUT2D eigenvalue weighted by Gasteiger charge is 2.55. The van der Waals surface area contributed by atoms with Crippen molar-refractivity contribution in [3.05, 3.63) is 34.9 Å². The van der Waals surface area contributed by atoms with Gasteiger partial charge in [-0.05, 0) is 60.6 Å². The van der Waals surface area contributed by atoms with Crippen LogP contribution in [-0.4, -0.2) is 22.8 Å². The van der Waals surface area contributed by atoms with Crippen LogP contribution in [0.3, 0.4) is 0 Å². The second kappa shape index (κ2) is 5.62. The summed E-state index contributed by atoms with van der Waals surface area (Å²) in [6, 6.07) is 6.57. The second-order valence-corrected chi connectivity index (χ2v) is 8.09. The second-order valence-electron chi connectivity index (χ2n) is 8.09. The molecule has 3 nitrogen and oxygen atoms in total. The van der Waals surface area contributed by atoms with Crippen molar-refractivity contribution in [1.82, 2.24) is 0 Å². The van der Waals surface area contributed by atoms with E-state index < -0.39 is 11.4 Å². The lowest BCUT2D eigenvalue weighted by Crippen LogP contribution is -2.52. The molecule has 2 N–H and O–H groups in total. The number of hydrogen-bond donors (Lipinski definition) is 2. The number of fused-ring (bicyclic) bond motifs is 3. The predicted octanol–water partition coefficient (Wildman–Crippen LogP) is 3.88. The highest BCUT2D eigenvalue weighted by molar-refractivity contribution is 5.75. The molecule has 1 aromatic rings. The zero-order valence-corrected chi connectivity index (χ0v) is 14.4. The molecule has 0 saturated heterocycles. The van der Waals surface area contributed by atoms with E-state index >= 15 is 0 Å². The predicted molar refractivity (Wildman–Crippen MR) is 90.7 cm³/mol. The average molecular weight is 316 g/mol. The first-order valence-corrected chi connectivity index (χ1v) is 8.80. The van der Waals surface area contributed by atoms with Crippen molar-refractivity contribution < 1.29 is 15.0 Å². The Kier molecular flexibility index (Phi) is 4.04. The van der Waals surface area contributed by atoms with Crippen LogP contribution in [0.5, 0.6) is 0 Å². The summed E-state index contributed by atoms with van der Waals surface area (Å²) in [7, 11) is 0. The third-order valence-electron chi connectivity index (χ3n) is 6.71. The highest BCUT2D eigenvalue weighted by atomic mass is 16.4. The molecule has 1 saturated carbocycles. The smallest absolute Gasteiger partial charge is 0.309 e. The Morgan fingerprint density at radius 2 is 2.09 bits per heavy atom. The van der Waals surface area contributed by atoms with Gasteiger partial charge in [0.05, 0.1) is 5.41 Å². The van der Waals surface area contributed by atoms with E-state index in [0.29, 0.717) is 0 Å². The van der Waals surface area contributed by atoms with Gasteiger partial charge in [0.1, 0.15) is 0 Å². The van der Waals surface area contributed by atoms with E-state index in [1.807, 2.05) is 13.8 Å². The Bertz CT molecular complexity index is 623. The van der Waals surface area contributed by atoms with Crippen LogP contribution in [0.4, 0.5) is 0 Å². The normalized spacial score (nSPS) is 34.3. The van der Waals surface area contributed by atoms with Crippen LogP contribution < -0.4 is 0 Å². The molecule has 0 spiro atoms. The zero-order valence-electron chi connectivity index (χ0n) is 14.4. The van der Waals surface area contributed by atoms with Crippen molar-refractivity contribution in [2.45, 2.75) is 64.2 Å². The molecular formula is C20H28O3. The minimum Gasteiger partial charge on any atom is -0.481 e. The van der Waals surface area contributed by atoms with Gasteiger partial charge in [-0.25, -0.2) is 0 Å². The third kappa shape index (κ3) is 2.40. The van der Waals surface area contributed by atoms with Gasteiger partial charge in [0.2, 0.25) is 0 Å². The number of aryl methyl sites for hydroxylation is 1. The summed E-state index contributed by atoms with van der Waals surface area (Å²) in [5.74, 6) is -0.279. The van der Waals surface area contributed by atoms with E-state index in [4.69, 9.17) is 0 Å². The van der Waals surface area contributed by atoms with Gasteiger partial charge in [-0.3, -0.25) is 4.79 Å². The molecule has 0 heterocycles. The van der Waals surface area contributed by atoms with E-state index in [-0.39, 0.29) is 23.9 Å². The number of carboxylic acid groups (broad SMARTS) is 1. The van der Waals surface area contributed by atoms with Crippen LogP contribution >= 0.6 is 0 Å². The summed E-state index contributed by atoms with van der Waals surface area (Å²) in [5.41, 5.74) is 3.23. The highest BCUT2D eigenvalue weighted by Crippen LogP contribution is 2.57. The topological polar surface area (TPSA) is 57.5 Å². The number of aliphatic hydroxyl groups excluding tert-OH is 1. The molecule has 4 atom stereocenters. The number of carbonyl (C=O) groups is 1. The summed E-state index contributed by atoms with van der Waals surface area (Å²) in [6.07, 6.45) is 4.73. The maximum absolute atomic E-state index is 11.9. The number of rotatable bonds is 3. The van der Waals surface area contributed by atoms with Crippen molar-refractivity contribution in [1.29, 1.82) is 0 Å². The molecule has 2 aliphatic carbocycles. The summed E-state index contributed by atoms with van der Waals surface area (Å²) in [4.78, 5) is 11.9. The first-order chi connectivity index (χ1) is 10.8. The summed E-state index contributed by atoms with van der Waals surface area (Å²) in [6.45, 7) is 6.42. The fraction of sp³-hybridized carbons (Fsp3) is 0.650. The molecule has 126 valence electrons. The van der Waals surface area contributed by atoms with Gasteiger partial charge in [-0.15, -0.1) is 0 Å². The molecule has 0 amide bonds. The van der Waals surface area contributed by atoms with Crippen LogP contribution in [0.1, 0.15) is 69.1 Å². The van der Waals surface area contributed by atoms with Gasteiger partial charge in [0, 0.05) is 12.5 Å². The van der Waals surface area contributed by atoms with Crippen LogP contribution in [0, 0.1) is 11.3 Å². The van der Waals surface area contributed by atoms with Gasteiger partial charge in [0.25, 0.3) is 0 Å². The van der Waals surface area contributed by atoms with Gasteiger partial charge in [-0.1, -0.05) is 38.5 Å². The van der Waals surface area contributed by atoms with Gasteiger partial charge >= 0.3 is 5.97 Å². The number of aliphatic carboxylic acids is 1. The van der Waals surface area contributed by atoms with Gasteiger partial charge < -0.3 is 10.2 Å². The van der Waals surface area contributed by atoms with E-state index in [9.17, 15) is 15.0 Å². The Morgan fingerprint density at radius 1 is 1.35 bits per heavy atom. The van der Waals surface area contributed by atoms with Gasteiger partial charge in [-0.2, -0.15) is 0 Å². The molecule has 1 aromatic carbocycles. The molecule has 0 bridgehead atoms. The van der Waals surface area contributed by atoms with Crippen molar-refractivity contribution in [3.63, 3.8) is 0 Å². The molecule has 0 unspecified atom stereocenters. The summed E-state index contributed by atoms with van der Waals surface area (Å²) in [5, 5.41) is 19.2. The maximum Gasteiger partial charge on any atom is 0.309 e. The molecule has 0 aromatic heterocycles. The molecule has 3 rings (SSSR count). The molecule has 1 fully saturated rings. The number of aliphatic hydroxyl groups is 1. The summed E-state index contributed by atoms with van der Waals surface area (Å²) >= 11 is 0. The molecular weight excluding hydrogens is 288 g/mol. The van der Waals surface area contributed by atoms with Crippen LogP contribution in [0.2, 0.25) is 0 Å². The summed E-state index contributed by atoms with van der Waals surface area (Å²) < 4.78 is 0. The lowest BCUT2D eigenvalue weighted by Gasteiger charge is -2.53. The Morgan fingerprint density at radius 3 is 2.74 bits per heavy atom. The molecule has 2 aliphatic rings. The minimum atomic E-state index is -0.637. The van der Waals surface area contributed by atoms with E-state index in [1.165, 1.54) is 16.7 Å². The Balaban J connectivity index is 2.04. The molecule has 3 heteroatoms. The number of hydrogen-bond acceptors (Lipinski definition) is 2. The fourth-order valence-corrected chi connectivity index (χ4v) is 5.18. The lowest BCUT2D eigenvalue weighted by molar-refractivity contribution is -0.157. The first-order valence-electron chi connectivity index (χ1n) is 8.80. The van der Waals surface area contributed by atoms with E-state index in [1.54, 1.807) is 0 Å². The van der Waals surface area contributed by atoms with Crippen molar-refractivity contribution >= 4 is 5.97 Å². The van der Waals surface area contributed by atoms with Crippen LogP contribution in [0.15, 0.2) is 18.2 Å². The van der Waals surface area contributed by atoms with Gasteiger partial charge in [0.15, 0.2) is 0 Å². The van der Waals surface area contributed by atoms with Crippen molar-refractivity contribution in [3.8, 4) is 0 Å². The Hall–Kier alpha value is -1.35. The lowest BCUT2D eigenvalue weighted by atomic mass is 9.50.